The van der Waals surface area contributed by atoms with Crippen molar-refractivity contribution in [3.8, 4) is 0 Å². The van der Waals surface area contributed by atoms with Gasteiger partial charge in [0.1, 0.15) is 0 Å². The van der Waals surface area contributed by atoms with Crippen LogP contribution in [0.25, 0.3) is 0 Å². The SMILES string of the molecule is O=C(O)CC(NC(=O)Cc1ccccc1)c1ccc(Br)cc1. The van der Waals surface area contributed by atoms with Gasteiger partial charge in [0, 0.05) is 4.47 Å². The fourth-order valence-corrected chi connectivity index (χ4v) is 2.41. The predicted molar refractivity (Wildman–Crippen MR) is 87.4 cm³/mol. The summed E-state index contributed by atoms with van der Waals surface area (Å²) in [4.78, 5) is 23.2. The van der Waals surface area contributed by atoms with Crippen LogP contribution < -0.4 is 5.32 Å². The highest BCUT2D eigenvalue weighted by Gasteiger charge is 2.18. The van der Waals surface area contributed by atoms with E-state index in [1.165, 1.54) is 0 Å². The molecule has 1 unspecified atom stereocenters. The fraction of sp³-hybridized carbons (Fsp3) is 0.176. The topological polar surface area (TPSA) is 66.4 Å². The molecule has 0 saturated carbocycles. The van der Waals surface area contributed by atoms with Gasteiger partial charge in [-0.05, 0) is 23.3 Å². The molecule has 0 heterocycles. The van der Waals surface area contributed by atoms with Crippen LogP contribution in [0.4, 0.5) is 0 Å². The van der Waals surface area contributed by atoms with Crippen molar-refractivity contribution in [2.45, 2.75) is 18.9 Å². The smallest absolute Gasteiger partial charge is 0.305 e. The number of rotatable bonds is 6. The number of carboxylic acid groups (broad SMARTS) is 1. The van der Waals surface area contributed by atoms with Gasteiger partial charge in [-0.3, -0.25) is 9.59 Å². The highest BCUT2D eigenvalue weighted by atomic mass is 79.9. The van der Waals surface area contributed by atoms with E-state index in [1.807, 2.05) is 42.5 Å². The van der Waals surface area contributed by atoms with Crippen molar-refractivity contribution in [2.75, 3.05) is 0 Å². The number of benzene rings is 2. The minimum Gasteiger partial charge on any atom is -0.481 e. The lowest BCUT2D eigenvalue weighted by molar-refractivity contribution is -0.137. The van der Waals surface area contributed by atoms with E-state index >= 15 is 0 Å². The van der Waals surface area contributed by atoms with Gasteiger partial charge in [0.05, 0.1) is 18.9 Å². The lowest BCUT2D eigenvalue weighted by Gasteiger charge is -2.17. The number of aliphatic carboxylic acids is 1. The van der Waals surface area contributed by atoms with Crippen LogP contribution in [-0.2, 0) is 16.0 Å². The maximum atomic E-state index is 12.1. The monoisotopic (exact) mass is 361 g/mol. The summed E-state index contributed by atoms with van der Waals surface area (Å²) in [6.45, 7) is 0. The van der Waals surface area contributed by atoms with E-state index in [4.69, 9.17) is 5.11 Å². The van der Waals surface area contributed by atoms with Crippen molar-refractivity contribution in [1.29, 1.82) is 0 Å². The summed E-state index contributed by atoms with van der Waals surface area (Å²) in [7, 11) is 0. The number of carbonyl (C=O) groups excluding carboxylic acids is 1. The Hall–Kier alpha value is -2.14. The summed E-state index contributed by atoms with van der Waals surface area (Å²) in [6, 6.07) is 16.1. The summed E-state index contributed by atoms with van der Waals surface area (Å²) in [5.41, 5.74) is 1.66. The Bertz CT molecular complexity index is 641. The van der Waals surface area contributed by atoms with Gasteiger partial charge in [-0.2, -0.15) is 0 Å². The molecule has 1 atom stereocenters. The van der Waals surface area contributed by atoms with Crippen LogP contribution in [0.3, 0.4) is 0 Å². The maximum absolute atomic E-state index is 12.1. The van der Waals surface area contributed by atoms with Gasteiger partial charge in [0.2, 0.25) is 5.91 Å². The van der Waals surface area contributed by atoms with Crippen molar-refractivity contribution in [3.63, 3.8) is 0 Å². The summed E-state index contributed by atoms with van der Waals surface area (Å²) in [6.07, 6.45) is 0.0790. The molecule has 0 spiro atoms. The molecule has 2 aromatic carbocycles. The number of amides is 1. The Balaban J connectivity index is 2.07. The van der Waals surface area contributed by atoms with Crippen LogP contribution in [0.2, 0.25) is 0 Å². The van der Waals surface area contributed by atoms with Crippen LogP contribution in [0.5, 0.6) is 0 Å². The fourth-order valence-electron chi connectivity index (χ4n) is 2.15. The Morgan fingerprint density at radius 2 is 1.68 bits per heavy atom. The molecule has 0 radical (unpaired) electrons. The van der Waals surface area contributed by atoms with Crippen molar-refractivity contribution < 1.29 is 14.7 Å². The second-order valence-electron chi connectivity index (χ2n) is 4.93. The van der Waals surface area contributed by atoms with Crippen LogP contribution in [0.1, 0.15) is 23.6 Å². The first-order chi connectivity index (χ1) is 10.5. The van der Waals surface area contributed by atoms with Gasteiger partial charge in [-0.25, -0.2) is 0 Å². The summed E-state index contributed by atoms with van der Waals surface area (Å²) >= 11 is 3.34. The molecule has 5 heteroatoms. The quantitative estimate of drug-likeness (QED) is 0.829. The van der Waals surface area contributed by atoms with E-state index in [0.29, 0.717) is 0 Å². The van der Waals surface area contributed by atoms with Crippen LogP contribution >= 0.6 is 15.9 Å². The second-order valence-corrected chi connectivity index (χ2v) is 5.85. The Morgan fingerprint density at radius 3 is 2.27 bits per heavy atom. The molecular weight excluding hydrogens is 346 g/mol. The molecular formula is C17H16BrNO3. The third-order valence-electron chi connectivity index (χ3n) is 3.19. The van der Waals surface area contributed by atoms with Gasteiger partial charge >= 0.3 is 5.97 Å². The Kier molecular flexibility index (Phi) is 5.72. The molecule has 0 aliphatic heterocycles. The highest BCUT2D eigenvalue weighted by molar-refractivity contribution is 9.10. The largest absolute Gasteiger partial charge is 0.481 e. The zero-order valence-electron chi connectivity index (χ0n) is 11.8. The first-order valence-electron chi connectivity index (χ1n) is 6.85. The molecule has 0 saturated heterocycles. The average molecular weight is 362 g/mol. The first kappa shape index (κ1) is 16.2. The number of hydrogen-bond acceptors (Lipinski definition) is 2. The van der Waals surface area contributed by atoms with E-state index in [0.717, 1.165) is 15.6 Å². The molecule has 0 fully saturated rings. The third kappa shape index (κ3) is 5.00. The Labute approximate surface area is 137 Å². The second kappa shape index (κ2) is 7.75. The molecule has 22 heavy (non-hydrogen) atoms. The number of nitrogens with one attached hydrogen (secondary N) is 1. The van der Waals surface area contributed by atoms with Gasteiger partial charge < -0.3 is 10.4 Å². The number of hydrogen-bond donors (Lipinski definition) is 2. The molecule has 0 aliphatic rings. The lowest BCUT2D eigenvalue weighted by atomic mass is 10.0. The van der Waals surface area contributed by atoms with Crippen molar-refractivity contribution in [1.82, 2.24) is 5.32 Å². The van der Waals surface area contributed by atoms with E-state index in [1.54, 1.807) is 12.1 Å². The molecule has 2 aromatic rings. The van der Waals surface area contributed by atoms with Crippen molar-refractivity contribution in [3.05, 3.63) is 70.2 Å². The van der Waals surface area contributed by atoms with E-state index < -0.39 is 12.0 Å². The highest BCUT2D eigenvalue weighted by Crippen LogP contribution is 2.20. The van der Waals surface area contributed by atoms with E-state index in [-0.39, 0.29) is 18.7 Å². The molecule has 0 aromatic heterocycles. The third-order valence-corrected chi connectivity index (χ3v) is 3.72. The van der Waals surface area contributed by atoms with Crippen molar-refractivity contribution >= 4 is 27.8 Å². The number of halogens is 1. The molecule has 2 rings (SSSR count). The minimum absolute atomic E-state index is 0.151. The van der Waals surface area contributed by atoms with Crippen LogP contribution in [0.15, 0.2) is 59.1 Å². The summed E-state index contributed by atoms with van der Waals surface area (Å²) in [5.74, 6) is -1.15. The van der Waals surface area contributed by atoms with Gasteiger partial charge in [-0.1, -0.05) is 58.4 Å². The standard InChI is InChI=1S/C17H16BrNO3/c18-14-8-6-13(7-9-14)15(11-17(21)22)19-16(20)10-12-4-2-1-3-5-12/h1-9,15H,10-11H2,(H,19,20)(H,21,22). The zero-order valence-corrected chi connectivity index (χ0v) is 13.4. The average Bonchev–Trinajstić information content (AvgIpc) is 2.48. The number of carbonyl (C=O) groups is 2. The summed E-state index contributed by atoms with van der Waals surface area (Å²) < 4.78 is 0.904. The number of carboxylic acids is 1. The Morgan fingerprint density at radius 1 is 1.05 bits per heavy atom. The van der Waals surface area contributed by atoms with Gasteiger partial charge in [0.25, 0.3) is 0 Å². The molecule has 4 nitrogen and oxygen atoms in total. The van der Waals surface area contributed by atoms with Crippen LogP contribution in [0, 0.1) is 0 Å². The molecule has 1 amide bonds. The zero-order chi connectivity index (χ0) is 15.9. The summed E-state index contributed by atoms with van der Waals surface area (Å²) in [5, 5.41) is 11.8. The minimum atomic E-state index is -0.951. The maximum Gasteiger partial charge on any atom is 0.305 e. The molecule has 114 valence electrons. The molecule has 2 N–H and O–H groups in total. The lowest BCUT2D eigenvalue weighted by Crippen LogP contribution is -2.31. The van der Waals surface area contributed by atoms with E-state index in [2.05, 4.69) is 21.2 Å². The normalized spacial score (nSPS) is 11.7. The first-order valence-corrected chi connectivity index (χ1v) is 7.64. The molecule has 0 bridgehead atoms. The van der Waals surface area contributed by atoms with Crippen LogP contribution in [-0.4, -0.2) is 17.0 Å². The predicted octanol–water partition coefficient (Wildman–Crippen LogP) is 3.32. The molecule has 0 aliphatic carbocycles. The van der Waals surface area contributed by atoms with Crippen molar-refractivity contribution in [2.24, 2.45) is 0 Å². The van der Waals surface area contributed by atoms with Gasteiger partial charge in [0.15, 0.2) is 0 Å². The van der Waals surface area contributed by atoms with Gasteiger partial charge in [-0.15, -0.1) is 0 Å². The van der Waals surface area contributed by atoms with E-state index in [9.17, 15) is 9.59 Å².